The summed E-state index contributed by atoms with van der Waals surface area (Å²) in [6.45, 7) is 4.97. The number of hydrogen-bond acceptors (Lipinski definition) is 7. The summed E-state index contributed by atoms with van der Waals surface area (Å²) < 4.78 is 8.16. The van der Waals surface area contributed by atoms with Crippen molar-refractivity contribution in [1.29, 1.82) is 0 Å². The van der Waals surface area contributed by atoms with E-state index >= 15 is 0 Å². The number of rotatable bonds is 11. The summed E-state index contributed by atoms with van der Waals surface area (Å²) in [6, 6.07) is 7.24. The molecule has 0 bridgehead atoms. The first-order valence-electron chi connectivity index (χ1n) is 10.5. The van der Waals surface area contributed by atoms with Crippen LogP contribution < -0.4 is 16.2 Å². The van der Waals surface area contributed by atoms with Crippen molar-refractivity contribution in [3.8, 4) is 0 Å². The molecule has 3 aromatic rings. The van der Waals surface area contributed by atoms with Crippen molar-refractivity contribution in [3.05, 3.63) is 34.6 Å². The number of hydrogen-bond donors (Lipinski definition) is 2. The number of fused-ring (bicyclic) bond motifs is 3. The molecule has 0 aliphatic rings. The van der Waals surface area contributed by atoms with Gasteiger partial charge in [0.15, 0.2) is 5.16 Å². The molecule has 0 aliphatic carbocycles. The van der Waals surface area contributed by atoms with Gasteiger partial charge in [-0.3, -0.25) is 23.4 Å². The highest BCUT2D eigenvalue weighted by atomic mass is 32.2. The molecule has 0 fully saturated rings. The molecule has 2 N–H and O–H groups in total. The standard InChI is InChI=1S/C21H28N6O4S/c1-4-14(2)23-17(28)9-11-26-19(30)15-7-5-6-8-16(15)27-20(26)24-25-21(27)32-13-18(29)22-10-12-31-3/h5-8,14H,4,9-13H2,1-3H3,(H,22,29)(H,23,28)/t14-/m0/s1. The molecule has 0 saturated carbocycles. The summed E-state index contributed by atoms with van der Waals surface area (Å²) in [5.41, 5.74) is 0.422. The Hall–Kier alpha value is -2.92. The number of para-hydroxylation sites is 1. The summed E-state index contributed by atoms with van der Waals surface area (Å²) >= 11 is 1.23. The van der Waals surface area contributed by atoms with Crippen LogP contribution in [0, 0.1) is 0 Å². The maximum atomic E-state index is 13.1. The van der Waals surface area contributed by atoms with Crippen molar-refractivity contribution in [3.63, 3.8) is 0 Å². The van der Waals surface area contributed by atoms with Gasteiger partial charge in [0.1, 0.15) is 0 Å². The molecule has 0 unspecified atom stereocenters. The van der Waals surface area contributed by atoms with Gasteiger partial charge < -0.3 is 15.4 Å². The third-order valence-corrected chi connectivity index (χ3v) is 5.95. The minimum absolute atomic E-state index is 0.0713. The van der Waals surface area contributed by atoms with Gasteiger partial charge in [-0.1, -0.05) is 30.8 Å². The van der Waals surface area contributed by atoms with Crippen LogP contribution in [0.2, 0.25) is 0 Å². The zero-order valence-electron chi connectivity index (χ0n) is 18.5. The lowest BCUT2D eigenvalue weighted by atomic mass is 10.2. The molecule has 0 spiro atoms. The predicted molar refractivity (Wildman–Crippen MR) is 123 cm³/mol. The Morgan fingerprint density at radius 3 is 2.75 bits per heavy atom. The molecule has 2 amide bonds. The van der Waals surface area contributed by atoms with Gasteiger partial charge in [0.25, 0.3) is 5.56 Å². The van der Waals surface area contributed by atoms with E-state index in [1.807, 2.05) is 26.0 Å². The van der Waals surface area contributed by atoms with Gasteiger partial charge >= 0.3 is 0 Å². The lowest BCUT2D eigenvalue weighted by Crippen LogP contribution is -2.33. The van der Waals surface area contributed by atoms with Crippen molar-refractivity contribution in [1.82, 2.24) is 29.8 Å². The van der Waals surface area contributed by atoms with Crippen LogP contribution in [0.4, 0.5) is 0 Å². The molecule has 0 aliphatic heterocycles. The first kappa shape index (κ1) is 23.7. The fraction of sp³-hybridized carbons (Fsp3) is 0.476. The van der Waals surface area contributed by atoms with Crippen LogP contribution in [0.5, 0.6) is 0 Å². The molecule has 172 valence electrons. The number of aryl methyl sites for hydroxylation is 1. The van der Waals surface area contributed by atoms with Crippen molar-refractivity contribution >= 4 is 40.3 Å². The van der Waals surface area contributed by atoms with Crippen LogP contribution in [0.25, 0.3) is 16.7 Å². The molecule has 1 atom stereocenters. The van der Waals surface area contributed by atoms with Crippen molar-refractivity contribution < 1.29 is 14.3 Å². The third-order valence-electron chi connectivity index (χ3n) is 5.02. The monoisotopic (exact) mass is 460 g/mol. The lowest BCUT2D eigenvalue weighted by molar-refractivity contribution is -0.122. The zero-order chi connectivity index (χ0) is 23.1. The fourth-order valence-electron chi connectivity index (χ4n) is 3.16. The van der Waals surface area contributed by atoms with Gasteiger partial charge in [0.05, 0.1) is 23.3 Å². The third kappa shape index (κ3) is 5.46. The topological polar surface area (TPSA) is 120 Å². The molecule has 32 heavy (non-hydrogen) atoms. The van der Waals surface area contributed by atoms with Crippen molar-refractivity contribution in [2.45, 2.75) is 44.4 Å². The van der Waals surface area contributed by atoms with E-state index in [1.54, 1.807) is 23.6 Å². The minimum Gasteiger partial charge on any atom is -0.383 e. The van der Waals surface area contributed by atoms with Crippen LogP contribution in [0.3, 0.4) is 0 Å². The Morgan fingerprint density at radius 1 is 1.22 bits per heavy atom. The van der Waals surface area contributed by atoms with Crippen LogP contribution in [-0.2, 0) is 20.9 Å². The molecule has 2 aromatic heterocycles. The molecule has 2 heterocycles. The average molecular weight is 461 g/mol. The van der Waals surface area contributed by atoms with Gasteiger partial charge in [-0.15, -0.1) is 10.2 Å². The Kier molecular flexibility index (Phi) is 8.23. The van der Waals surface area contributed by atoms with Crippen LogP contribution in [-0.4, -0.2) is 63.0 Å². The van der Waals surface area contributed by atoms with E-state index in [2.05, 4.69) is 20.8 Å². The first-order chi connectivity index (χ1) is 15.5. The number of thioether (sulfide) groups is 1. The van der Waals surface area contributed by atoms with Gasteiger partial charge in [-0.05, 0) is 25.5 Å². The highest BCUT2D eigenvalue weighted by molar-refractivity contribution is 7.99. The SMILES string of the molecule is CC[C@H](C)NC(=O)CCn1c(=O)c2ccccc2n2c(SCC(=O)NCCOC)nnc12. The Labute approximate surface area is 189 Å². The molecular weight excluding hydrogens is 432 g/mol. The van der Waals surface area contributed by atoms with E-state index < -0.39 is 0 Å². The molecule has 11 heteroatoms. The predicted octanol–water partition coefficient (Wildman–Crippen LogP) is 1.20. The molecule has 10 nitrogen and oxygen atoms in total. The highest BCUT2D eigenvalue weighted by Gasteiger charge is 2.18. The number of benzene rings is 1. The van der Waals surface area contributed by atoms with Crippen LogP contribution in [0.1, 0.15) is 26.7 Å². The second-order valence-electron chi connectivity index (χ2n) is 7.35. The van der Waals surface area contributed by atoms with Gasteiger partial charge in [0.2, 0.25) is 17.6 Å². The summed E-state index contributed by atoms with van der Waals surface area (Å²) in [4.78, 5) is 37.5. The number of methoxy groups -OCH3 is 1. The van der Waals surface area contributed by atoms with E-state index in [9.17, 15) is 14.4 Å². The molecule has 0 saturated heterocycles. The van der Waals surface area contributed by atoms with E-state index in [0.717, 1.165) is 6.42 Å². The molecular formula is C21H28N6O4S. The second-order valence-corrected chi connectivity index (χ2v) is 8.29. The van der Waals surface area contributed by atoms with Crippen LogP contribution >= 0.6 is 11.8 Å². The fourth-order valence-corrected chi connectivity index (χ4v) is 3.93. The Bertz CT molecular complexity index is 1160. The number of nitrogens with zero attached hydrogens (tertiary/aromatic N) is 4. The second kappa shape index (κ2) is 11.1. The normalized spacial score (nSPS) is 12.2. The number of nitrogens with one attached hydrogen (secondary N) is 2. The van der Waals surface area contributed by atoms with Gasteiger partial charge in [-0.25, -0.2) is 0 Å². The highest BCUT2D eigenvalue weighted by Crippen LogP contribution is 2.21. The largest absolute Gasteiger partial charge is 0.383 e. The average Bonchev–Trinajstić information content (AvgIpc) is 3.21. The summed E-state index contributed by atoms with van der Waals surface area (Å²) in [6.07, 6.45) is 0.977. The van der Waals surface area contributed by atoms with Gasteiger partial charge in [0, 0.05) is 32.7 Å². The van der Waals surface area contributed by atoms with Gasteiger partial charge in [-0.2, -0.15) is 0 Å². The number of carbonyl (C=O) groups is 2. The number of amides is 2. The maximum Gasteiger partial charge on any atom is 0.262 e. The summed E-state index contributed by atoms with van der Waals surface area (Å²) in [5, 5.41) is 15.1. The van der Waals surface area contributed by atoms with Crippen molar-refractivity contribution in [2.75, 3.05) is 26.0 Å². The number of carbonyl (C=O) groups excluding carboxylic acids is 2. The number of aromatic nitrogens is 4. The Balaban J connectivity index is 1.90. The van der Waals surface area contributed by atoms with Crippen LogP contribution in [0.15, 0.2) is 34.2 Å². The minimum atomic E-state index is -0.231. The first-order valence-corrected chi connectivity index (χ1v) is 11.5. The van der Waals surface area contributed by atoms with E-state index in [1.165, 1.54) is 16.3 Å². The van der Waals surface area contributed by atoms with E-state index in [0.29, 0.717) is 35.0 Å². The van der Waals surface area contributed by atoms with Crippen molar-refractivity contribution in [2.24, 2.45) is 0 Å². The summed E-state index contributed by atoms with van der Waals surface area (Å²) in [5.74, 6) is 0.213. The lowest BCUT2D eigenvalue weighted by Gasteiger charge is -2.13. The van der Waals surface area contributed by atoms with E-state index in [-0.39, 0.29) is 42.1 Å². The molecule has 0 radical (unpaired) electrons. The smallest absolute Gasteiger partial charge is 0.262 e. The quantitative estimate of drug-likeness (QED) is 0.326. The Morgan fingerprint density at radius 2 is 2.00 bits per heavy atom. The maximum absolute atomic E-state index is 13.1. The summed E-state index contributed by atoms with van der Waals surface area (Å²) in [7, 11) is 1.57. The van der Waals surface area contributed by atoms with E-state index in [4.69, 9.17) is 4.74 Å². The molecule has 3 rings (SSSR count). The number of ether oxygens (including phenoxy) is 1. The molecule has 1 aromatic carbocycles. The zero-order valence-corrected chi connectivity index (χ0v) is 19.3.